The summed E-state index contributed by atoms with van der Waals surface area (Å²) < 4.78 is 0. The van der Waals surface area contributed by atoms with Crippen LogP contribution in [0.5, 0.6) is 0 Å². The van der Waals surface area contributed by atoms with E-state index in [4.69, 9.17) is 54.2 Å². The Hall–Kier alpha value is 1.17. The van der Waals surface area contributed by atoms with Crippen LogP contribution in [0.4, 0.5) is 0 Å². The van der Waals surface area contributed by atoms with Crippen LogP contribution in [0.1, 0.15) is 0 Å². The van der Waals surface area contributed by atoms with Gasteiger partial charge in [-0.3, -0.25) is 0 Å². The van der Waals surface area contributed by atoms with Crippen LogP contribution < -0.4 is 0 Å². The molecule has 0 bridgehead atoms. The third-order valence-corrected chi connectivity index (χ3v) is 3.11. The first-order valence-electron chi connectivity index (χ1n) is 5.67. The molecule has 0 nitrogen and oxygen atoms in total. The maximum Gasteiger partial charge on any atom is 0 e. The summed E-state index contributed by atoms with van der Waals surface area (Å²) >= 11 is 0. The maximum absolute atomic E-state index is 5.98. The van der Waals surface area contributed by atoms with Gasteiger partial charge in [0.25, 0.3) is 0 Å². The van der Waals surface area contributed by atoms with Crippen LogP contribution >= 0.6 is 0 Å². The zero-order valence-electron chi connectivity index (χ0n) is 10.4. The Morgan fingerprint density at radius 3 is 1.28 bits per heavy atom. The maximum atomic E-state index is 5.98. The molecule has 0 amide bonds. The normalized spacial score (nSPS) is 8.44. The van der Waals surface area contributed by atoms with Crippen molar-refractivity contribution in [2.24, 2.45) is 0 Å². The summed E-state index contributed by atoms with van der Waals surface area (Å²) in [5.74, 6) is 0. The molecule has 18 heteroatoms. The van der Waals surface area contributed by atoms with E-state index in [2.05, 4.69) is 0 Å². The van der Waals surface area contributed by atoms with Crippen LogP contribution in [0.2, 0.25) is 0 Å². The van der Waals surface area contributed by atoms with Crippen LogP contribution in [0.15, 0.2) is 0 Å². The van der Waals surface area contributed by atoms with Crippen molar-refractivity contribution in [3.05, 3.63) is 0 Å². The van der Waals surface area contributed by atoms with Crippen LogP contribution in [-0.2, 0) is 0 Å². The molecule has 0 aromatic rings. The van der Waals surface area contributed by atoms with Gasteiger partial charge in [0.1, 0.15) is 0 Å². The Kier molecular flexibility index (Phi) is 11.6. The molecule has 0 saturated heterocycles. The van der Waals surface area contributed by atoms with Crippen LogP contribution in [0.3, 0.4) is 0 Å². The Morgan fingerprint density at radius 2 is 1.00 bits per heavy atom. The van der Waals surface area contributed by atoms with Gasteiger partial charge in [-0.25, -0.2) is 0 Å². The van der Waals surface area contributed by atoms with E-state index in [0.29, 0.717) is 0 Å². The Morgan fingerprint density at radius 1 is 0.556 bits per heavy atom. The van der Waals surface area contributed by atoms with Gasteiger partial charge in [0.05, 0.1) is 0 Å². The molecule has 0 aliphatic heterocycles. The first-order valence-corrected chi connectivity index (χ1v) is 5.67. The second kappa shape index (κ2) is 10.9. The lowest BCUT2D eigenvalue weighted by atomic mass is 8.45. The minimum Gasteiger partial charge on any atom is 0 e. The van der Waals surface area contributed by atoms with Gasteiger partial charge in [0, 0.05) is 128 Å². The van der Waals surface area contributed by atoms with Gasteiger partial charge in [-0.1, -0.05) is 0 Å². The zero-order valence-corrected chi connectivity index (χ0v) is 10.4. The lowest BCUT2D eigenvalue weighted by Gasteiger charge is -2.36. The van der Waals surface area contributed by atoms with E-state index in [9.17, 15) is 0 Å². The van der Waals surface area contributed by atoms with Crippen molar-refractivity contribution in [2.75, 3.05) is 0 Å². The first kappa shape index (κ1) is 19.2. The van der Waals surface area contributed by atoms with E-state index < -0.39 is 6.39 Å². The molecule has 0 aromatic heterocycles. The third-order valence-electron chi connectivity index (χ3n) is 3.11. The lowest BCUT2D eigenvalue weighted by Crippen LogP contribution is -2.74. The predicted molar refractivity (Wildman–Crippen MR) is 104 cm³/mol. The highest BCUT2D eigenvalue weighted by atomic mass is 13.2. The molecule has 18 heavy (non-hydrogen) atoms. The molecule has 0 atom stereocenters. The van der Waals surface area contributed by atoms with Crippen LogP contribution in [0.25, 0.3) is 0 Å². The summed E-state index contributed by atoms with van der Waals surface area (Å²) in [6.07, 6.45) is -1.39. The van der Waals surface area contributed by atoms with E-state index in [-0.39, 0.29) is 25.5 Å². The molecule has 0 saturated carbocycles. The summed E-state index contributed by atoms with van der Waals surface area (Å²) in [6.45, 7) is 0. The average molecular weight is 195 g/mol. The van der Waals surface area contributed by atoms with Gasteiger partial charge in [-0.2, -0.15) is 0 Å². The Balaban J connectivity index is 5.10. The van der Waals surface area contributed by atoms with Gasteiger partial charge in [-0.05, 0) is 0 Å². The summed E-state index contributed by atoms with van der Waals surface area (Å²) in [6, 6.07) is 0. The fourth-order valence-electron chi connectivity index (χ4n) is 2.05. The van der Waals surface area contributed by atoms with Crippen molar-refractivity contribution in [3.63, 3.8) is 0 Å². The fraction of sp³-hybridized carbons (Fsp3) is 0. The fourth-order valence-corrected chi connectivity index (χ4v) is 2.05. The molecule has 0 heterocycles. The SMILES string of the molecule is [B][B]B([B])B(B([B][B])[B][B])B([B][B])B([B][B])[B][B]. The van der Waals surface area contributed by atoms with Gasteiger partial charge in [-0.15, -0.1) is 0 Å². The van der Waals surface area contributed by atoms with Gasteiger partial charge >= 0.3 is 0 Å². The third kappa shape index (κ3) is 5.28. The number of hydrogen-bond acceptors (Lipinski definition) is 0. The van der Waals surface area contributed by atoms with E-state index in [1.54, 1.807) is 0 Å². The van der Waals surface area contributed by atoms with Crippen LogP contribution in [0, 0.1) is 0 Å². The standard InChI is InChI=1S/B18/c1-8-14(7)18(16(11-4)12-5)17(13-6)15(9-2)10-3. The number of hydrogen-bond donors (Lipinski definition) is 0. The van der Waals surface area contributed by atoms with Gasteiger partial charge in [0.15, 0.2) is 0 Å². The van der Waals surface area contributed by atoms with Crippen LogP contribution in [-0.4, -0.2) is 128 Å². The molecule has 0 fully saturated rings. The van der Waals surface area contributed by atoms with Crippen molar-refractivity contribution >= 4 is 128 Å². The summed E-state index contributed by atoms with van der Waals surface area (Å²) in [5.41, 5.74) is 0. The molecule has 0 aliphatic rings. The molecule has 0 aromatic carbocycles. The molecule has 54 valence electrons. The molecule has 0 aliphatic carbocycles. The summed E-state index contributed by atoms with van der Waals surface area (Å²) in [7, 11) is 48.1. The van der Waals surface area contributed by atoms with E-state index in [1.165, 1.54) is 42.4 Å². The highest BCUT2D eigenvalue weighted by Crippen LogP contribution is 1.99. The van der Waals surface area contributed by atoms with Crippen molar-refractivity contribution in [1.82, 2.24) is 0 Å². The highest BCUT2D eigenvalue weighted by Gasteiger charge is 2.37. The smallest absolute Gasteiger partial charge is 0 e. The van der Waals surface area contributed by atoms with E-state index >= 15 is 0 Å². The summed E-state index contributed by atoms with van der Waals surface area (Å²) in [4.78, 5) is 0. The number of rotatable bonds is 10. The molecule has 0 unspecified atom stereocenters. The highest BCUT2D eigenvalue weighted by molar-refractivity contribution is 8.13. The lowest BCUT2D eigenvalue weighted by molar-refractivity contribution is 3.39. The van der Waals surface area contributed by atoms with Crippen molar-refractivity contribution < 1.29 is 0 Å². The quantitative estimate of drug-likeness (QED) is 0.304. The Bertz CT molecular complexity index is 176. The topological polar surface area (TPSA) is 0 Å². The largest absolute Gasteiger partial charge is 0 e. The van der Waals surface area contributed by atoms with E-state index in [1.807, 2.05) is 0 Å². The second-order valence-electron chi connectivity index (χ2n) is 4.04. The Labute approximate surface area is 128 Å². The molecular weight excluding hydrogens is 195 g/mol. The molecule has 0 rings (SSSR count). The molecule has 0 spiro atoms. The van der Waals surface area contributed by atoms with Crippen molar-refractivity contribution in [1.29, 1.82) is 0 Å². The van der Waals surface area contributed by atoms with Crippen molar-refractivity contribution in [2.45, 2.75) is 0 Å². The minimum absolute atomic E-state index is 0.223. The molecule has 0 N–H and O–H groups in total. The predicted octanol–water partition coefficient (Wildman–Crippen LogP) is -6.85. The van der Waals surface area contributed by atoms with Crippen molar-refractivity contribution in [3.8, 4) is 0 Å². The monoisotopic (exact) mass is 198 g/mol. The van der Waals surface area contributed by atoms with E-state index in [0.717, 1.165) is 0 Å². The zero-order chi connectivity index (χ0) is 14.1. The second-order valence-corrected chi connectivity index (χ2v) is 4.04. The van der Waals surface area contributed by atoms with Gasteiger partial charge in [0.2, 0.25) is 0 Å². The van der Waals surface area contributed by atoms with Gasteiger partial charge < -0.3 is 0 Å². The first-order chi connectivity index (χ1) is 8.60. The molecular formula is B18. The average Bonchev–Trinajstić information content (AvgIpc) is 2.42. The molecule has 20 radical (unpaired) electrons. The minimum atomic E-state index is -0.443. The summed E-state index contributed by atoms with van der Waals surface area (Å²) in [5, 5.41) is 0.